The Morgan fingerprint density at radius 2 is 2.05 bits per heavy atom. The molecule has 1 aromatic carbocycles. The molecule has 0 amide bonds. The first-order valence-corrected chi connectivity index (χ1v) is 6.92. The summed E-state index contributed by atoms with van der Waals surface area (Å²) in [4.78, 5) is -0.158. The molecule has 19 heavy (non-hydrogen) atoms. The Bertz CT molecular complexity index is 597. The highest BCUT2D eigenvalue weighted by atomic mass is 32.1. The van der Waals surface area contributed by atoms with Gasteiger partial charge in [-0.15, -0.1) is 0 Å². The van der Waals surface area contributed by atoms with E-state index in [2.05, 4.69) is 17.5 Å². The molecular formula is C13H12F2N2S2. The van der Waals surface area contributed by atoms with E-state index >= 15 is 0 Å². The normalized spacial score (nSPS) is 12.2. The van der Waals surface area contributed by atoms with Gasteiger partial charge in [0.05, 0.1) is 5.69 Å². The molecule has 0 fully saturated rings. The fourth-order valence-electron chi connectivity index (χ4n) is 1.69. The molecule has 0 bridgehead atoms. The second-order valence-electron chi connectivity index (χ2n) is 4.08. The zero-order chi connectivity index (χ0) is 14.0. The van der Waals surface area contributed by atoms with Crippen molar-refractivity contribution in [3.63, 3.8) is 0 Å². The van der Waals surface area contributed by atoms with Gasteiger partial charge in [0, 0.05) is 11.6 Å². The maximum Gasteiger partial charge on any atom is 0.182 e. The fourth-order valence-corrected chi connectivity index (χ4v) is 2.60. The summed E-state index contributed by atoms with van der Waals surface area (Å²) in [6.45, 7) is 1.88. The van der Waals surface area contributed by atoms with E-state index in [1.165, 1.54) is 12.1 Å². The molecule has 1 aromatic heterocycles. The third-order valence-corrected chi connectivity index (χ3v) is 3.68. The Kier molecular flexibility index (Phi) is 4.11. The number of nitrogens with two attached hydrogens (primary N) is 1. The second kappa shape index (κ2) is 5.63. The zero-order valence-corrected chi connectivity index (χ0v) is 11.7. The molecule has 0 saturated heterocycles. The highest BCUT2D eigenvalue weighted by molar-refractivity contribution is 7.80. The largest absolute Gasteiger partial charge is 0.389 e. The first kappa shape index (κ1) is 13.9. The summed E-state index contributed by atoms with van der Waals surface area (Å²) in [6.07, 6.45) is 0. The highest BCUT2D eigenvalue weighted by Gasteiger charge is 2.16. The van der Waals surface area contributed by atoms with E-state index in [0.29, 0.717) is 0 Å². The van der Waals surface area contributed by atoms with Crippen molar-refractivity contribution in [1.29, 1.82) is 0 Å². The van der Waals surface area contributed by atoms with Crippen LogP contribution in [0.25, 0.3) is 0 Å². The number of rotatable bonds is 4. The molecule has 1 unspecified atom stereocenters. The minimum absolute atomic E-state index is 0.0822. The first-order chi connectivity index (χ1) is 9.00. The summed E-state index contributed by atoms with van der Waals surface area (Å²) in [5.74, 6) is -1.98. The predicted octanol–water partition coefficient (Wildman–Crippen LogP) is 3.83. The molecule has 2 nitrogen and oxygen atoms in total. The lowest BCUT2D eigenvalue weighted by atomic mass is 10.1. The average molecular weight is 298 g/mol. The average Bonchev–Trinajstić information content (AvgIpc) is 2.88. The summed E-state index contributed by atoms with van der Waals surface area (Å²) in [5, 5.41) is 6.81. The van der Waals surface area contributed by atoms with Crippen molar-refractivity contribution >= 4 is 34.2 Å². The number of halogens is 2. The first-order valence-electron chi connectivity index (χ1n) is 5.57. The molecular weight excluding hydrogens is 286 g/mol. The van der Waals surface area contributed by atoms with Crippen LogP contribution in [-0.4, -0.2) is 4.99 Å². The molecule has 0 aliphatic carbocycles. The van der Waals surface area contributed by atoms with E-state index in [4.69, 9.17) is 5.73 Å². The van der Waals surface area contributed by atoms with E-state index in [1.54, 1.807) is 11.3 Å². The Balaban J connectivity index is 2.27. The van der Waals surface area contributed by atoms with E-state index < -0.39 is 11.6 Å². The van der Waals surface area contributed by atoms with Gasteiger partial charge in [-0.05, 0) is 41.4 Å². The van der Waals surface area contributed by atoms with Gasteiger partial charge in [0.1, 0.15) is 4.99 Å². The van der Waals surface area contributed by atoms with Crippen LogP contribution in [0.4, 0.5) is 14.5 Å². The van der Waals surface area contributed by atoms with Crippen LogP contribution in [-0.2, 0) is 0 Å². The maximum absolute atomic E-state index is 13.9. The van der Waals surface area contributed by atoms with Crippen LogP contribution in [0.1, 0.15) is 24.1 Å². The standard InChI is InChI=1S/C13H12F2N2S2/c1-7(8-4-5-19-6-8)17-10-3-2-9(13(16)18)11(14)12(10)15/h2-7,17H,1H3,(H2,16,18). The molecule has 0 aliphatic heterocycles. The molecule has 0 aliphatic rings. The molecule has 2 rings (SSSR count). The fraction of sp³-hybridized carbons (Fsp3) is 0.154. The lowest BCUT2D eigenvalue weighted by Crippen LogP contribution is -2.14. The van der Waals surface area contributed by atoms with Crippen LogP contribution in [0.15, 0.2) is 29.0 Å². The smallest absolute Gasteiger partial charge is 0.182 e. The van der Waals surface area contributed by atoms with Crippen molar-refractivity contribution in [2.45, 2.75) is 13.0 Å². The van der Waals surface area contributed by atoms with Crippen LogP contribution in [0.5, 0.6) is 0 Å². The second-order valence-corrected chi connectivity index (χ2v) is 5.30. The third-order valence-electron chi connectivity index (χ3n) is 2.76. The van der Waals surface area contributed by atoms with E-state index in [-0.39, 0.29) is 22.3 Å². The van der Waals surface area contributed by atoms with Crippen LogP contribution in [0, 0.1) is 11.6 Å². The van der Waals surface area contributed by atoms with E-state index in [1.807, 2.05) is 23.8 Å². The van der Waals surface area contributed by atoms with E-state index in [0.717, 1.165) is 5.56 Å². The maximum atomic E-state index is 13.9. The van der Waals surface area contributed by atoms with Crippen molar-refractivity contribution < 1.29 is 8.78 Å². The molecule has 0 spiro atoms. The van der Waals surface area contributed by atoms with Crippen molar-refractivity contribution in [1.82, 2.24) is 0 Å². The summed E-state index contributed by atoms with van der Waals surface area (Å²) < 4.78 is 27.6. The molecule has 1 heterocycles. The van der Waals surface area contributed by atoms with Crippen molar-refractivity contribution in [2.24, 2.45) is 5.73 Å². The Hall–Kier alpha value is -1.53. The molecule has 3 N–H and O–H groups in total. The van der Waals surface area contributed by atoms with Gasteiger partial charge in [-0.2, -0.15) is 11.3 Å². The zero-order valence-electron chi connectivity index (χ0n) is 10.1. The summed E-state index contributed by atoms with van der Waals surface area (Å²) >= 11 is 6.21. The third kappa shape index (κ3) is 2.90. The number of hydrogen-bond acceptors (Lipinski definition) is 3. The van der Waals surface area contributed by atoms with Gasteiger partial charge in [0.2, 0.25) is 0 Å². The lowest BCUT2D eigenvalue weighted by molar-refractivity contribution is 0.508. The van der Waals surface area contributed by atoms with Crippen LogP contribution < -0.4 is 11.1 Å². The van der Waals surface area contributed by atoms with Gasteiger partial charge in [0.25, 0.3) is 0 Å². The molecule has 1 atom stereocenters. The van der Waals surface area contributed by atoms with Crippen molar-refractivity contribution in [3.05, 3.63) is 51.7 Å². The van der Waals surface area contributed by atoms with Gasteiger partial charge in [-0.25, -0.2) is 8.78 Å². The van der Waals surface area contributed by atoms with Gasteiger partial charge < -0.3 is 11.1 Å². The van der Waals surface area contributed by atoms with Crippen molar-refractivity contribution in [2.75, 3.05) is 5.32 Å². The van der Waals surface area contributed by atoms with Gasteiger partial charge in [0.15, 0.2) is 11.6 Å². The summed E-state index contributed by atoms with van der Waals surface area (Å²) in [6, 6.07) is 4.63. The molecule has 100 valence electrons. The van der Waals surface area contributed by atoms with Gasteiger partial charge >= 0.3 is 0 Å². The topological polar surface area (TPSA) is 38.0 Å². The van der Waals surface area contributed by atoms with Crippen molar-refractivity contribution in [3.8, 4) is 0 Å². The van der Waals surface area contributed by atoms with Gasteiger partial charge in [-0.1, -0.05) is 12.2 Å². The predicted molar refractivity (Wildman–Crippen MR) is 78.6 cm³/mol. The summed E-state index contributed by atoms with van der Waals surface area (Å²) in [7, 11) is 0. The van der Waals surface area contributed by atoms with Crippen LogP contribution >= 0.6 is 23.6 Å². The monoisotopic (exact) mass is 298 g/mol. The minimum atomic E-state index is -1.02. The minimum Gasteiger partial charge on any atom is -0.389 e. The quantitative estimate of drug-likeness (QED) is 0.842. The highest BCUT2D eigenvalue weighted by Crippen LogP contribution is 2.26. The lowest BCUT2D eigenvalue weighted by Gasteiger charge is -2.15. The van der Waals surface area contributed by atoms with Crippen LogP contribution in [0.3, 0.4) is 0 Å². The number of nitrogens with one attached hydrogen (secondary N) is 1. The molecule has 6 heteroatoms. The summed E-state index contributed by atoms with van der Waals surface area (Å²) in [5.41, 5.74) is 6.35. The Morgan fingerprint density at radius 3 is 2.63 bits per heavy atom. The number of thiophene rings is 1. The number of benzene rings is 1. The number of thiocarbonyl (C=S) groups is 1. The molecule has 0 radical (unpaired) electrons. The molecule has 0 saturated carbocycles. The molecule has 2 aromatic rings. The number of anilines is 1. The Labute approximate surface area is 119 Å². The van der Waals surface area contributed by atoms with Crippen LogP contribution in [0.2, 0.25) is 0 Å². The SMILES string of the molecule is CC(Nc1ccc(C(N)=S)c(F)c1F)c1ccsc1. The Morgan fingerprint density at radius 1 is 1.32 bits per heavy atom. The van der Waals surface area contributed by atoms with E-state index in [9.17, 15) is 8.78 Å². The number of hydrogen-bond donors (Lipinski definition) is 2. The van der Waals surface area contributed by atoms with Gasteiger partial charge in [-0.3, -0.25) is 0 Å².